The summed E-state index contributed by atoms with van der Waals surface area (Å²) in [7, 11) is 0. The molecule has 0 amide bonds. The predicted octanol–water partition coefficient (Wildman–Crippen LogP) is 4.48. The molecule has 1 aliphatic carbocycles. The van der Waals surface area contributed by atoms with E-state index in [2.05, 4.69) is 17.6 Å². The Hall–Kier alpha value is -2.47. The standard InChI is InChI=1S/C23H27FN2O2S/c1-2-3-5-16-8-10-17(11-9-16)22(27)28-15-14-25-23(29)26-21-13-12-18-19(21)6-4-7-20(18)24/h4,6-11,21H,2-3,5,12-15H2,1H3,(H2,25,26,29). The number of unbranched alkanes of at least 4 members (excludes halogenated alkanes) is 1. The molecule has 0 saturated carbocycles. The average molecular weight is 415 g/mol. The number of thiocarbonyl (C=S) groups is 1. The highest BCUT2D eigenvalue weighted by molar-refractivity contribution is 7.80. The Labute approximate surface area is 176 Å². The predicted molar refractivity (Wildman–Crippen MR) is 117 cm³/mol. The van der Waals surface area contributed by atoms with Crippen LogP contribution in [0.15, 0.2) is 42.5 Å². The number of nitrogens with one attached hydrogen (secondary N) is 2. The first-order valence-electron chi connectivity index (χ1n) is 10.2. The van der Waals surface area contributed by atoms with E-state index in [1.807, 2.05) is 30.3 Å². The van der Waals surface area contributed by atoms with E-state index in [1.165, 1.54) is 11.6 Å². The molecular weight excluding hydrogens is 387 g/mol. The first-order chi connectivity index (χ1) is 14.1. The van der Waals surface area contributed by atoms with Gasteiger partial charge in [0.05, 0.1) is 18.2 Å². The van der Waals surface area contributed by atoms with E-state index in [1.54, 1.807) is 6.07 Å². The van der Waals surface area contributed by atoms with Crippen molar-refractivity contribution in [3.8, 4) is 0 Å². The maximum Gasteiger partial charge on any atom is 0.338 e. The monoisotopic (exact) mass is 414 g/mol. The number of carbonyl (C=O) groups excluding carboxylic acids is 1. The summed E-state index contributed by atoms with van der Waals surface area (Å²) in [6.07, 6.45) is 4.83. The van der Waals surface area contributed by atoms with Gasteiger partial charge >= 0.3 is 5.97 Å². The van der Waals surface area contributed by atoms with Crippen molar-refractivity contribution in [3.63, 3.8) is 0 Å². The number of fused-ring (bicyclic) bond motifs is 1. The largest absolute Gasteiger partial charge is 0.460 e. The van der Waals surface area contributed by atoms with Gasteiger partial charge in [0.25, 0.3) is 0 Å². The number of ether oxygens (including phenoxy) is 1. The van der Waals surface area contributed by atoms with Crippen molar-refractivity contribution in [1.29, 1.82) is 0 Å². The fourth-order valence-corrected chi connectivity index (χ4v) is 3.79. The van der Waals surface area contributed by atoms with Gasteiger partial charge < -0.3 is 15.4 Å². The maximum atomic E-state index is 13.8. The van der Waals surface area contributed by atoms with Crippen LogP contribution in [0.4, 0.5) is 4.39 Å². The second-order valence-corrected chi connectivity index (χ2v) is 7.64. The molecule has 3 rings (SSSR count). The number of aryl methyl sites for hydroxylation is 1. The average Bonchev–Trinajstić information content (AvgIpc) is 3.14. The minimum atomic E-state index is -0.340. The number of hydrogen-bond acceptors (Lipinski definition) is 3. The Morgan fingerprint density at radius 3 is 2.79 bits per heavy atom. The molecule has 4 nitrogen and oxygen atoms in total. The molecule has 2 aromatic carbocycles. The number of benzene rings is 2. The number of rotatable bonds is 8. The van der Waals surface area contributed by atoms with E-state index < -0.39 is 0 Å². The number of esters is 1. The summed E-state index contributed by atoms with van der Waals surface area (Å²) >= 11 is 5.32. The molecule has 0 bridgehead atoms. The highest BCUT2D eigenvalue weighted by Crippen LogP contribution is 2.32. The molecule has 1 unspecified atom stereocenters. The Morgan fingerprint density at radius 1 is 1.24 bits per heavy atom. The molecule has 0 fully saturated rings. The third kappa shape index (κ3) is 5.76. The summed E-state index contributed by atoms with van der Waals surface area (Å²) in [6, 6.07) is 12.7. The van der Waals surface area contributed by atoms with Crippen molar-refractivity contribution in [2.24, 2.45) is 0 Å². The quantitative estimate of drug-likeness (QED) is 0.379. The van der Waals surface area contributed by atoms with Gasteiger partial charge in [0, 0.05) is 0 Å². The molecule has 154 valence electrons. The van der Waals surface area contributed by atoms with Crippen molar-refractivity contribution in [2.45, 2.75) is 45.1 Å². The van der Waals surface area contributed by atoms with Crippen molar-refractivity contribution in [2.75, 3.05) is 13.2 Å². The van der Waals surface area contributed by atoms with Crippen LogP contribution in [0.2, 0.25) is 0 Å². The third-order valence-electron chi connectivity index (χ3n) is 5.15. The molecule has 1 atom stereocenters. The van der Waals surface area contributed by atoms with E-state index in [0.717, 1.165) is 36.8 Å². The van der Waals surface area contributed by atoms with Gasteiger partial charge in [-0.15, -0.1) is 0 Å². The summed E-state index contributed by atoms with van der Waals surface area (Å²) in [5, 5.41) is 6.74. The molecule has 6 heteroatoms. The highest BCUT2D eigenvalue weighted by atomic mass is 32.1. The second-order valence-electron chi connectivity index (χ2n) is 7.24. The van der Waals surface area contributed by atoms with E-state index in [9.17, 15) is 9.18 Å². The number of carbonyl (C=O) groups is 1. The molecule has 0 saturated heterocycles. The Kier molecular flexibility index (Phi) is 7.58. The maximum absolute atomic E-state index is 13.8. The minimum absolute atomic E-state index is 0.00877. The van der Waals surface area contributed by atoms with Gasteiger partial charge in [0.1, 0.15) is 12.4 Å². The molecule has 0 spiro atoms. The lowest BCUT2D eigenvalue weighted by atomic mass is 10.1. The Morgan fingerprint density at radius 2 is 2.03 bits per heavy atom. The van der Waals surface area contributed by atoms with Crippen LogP contribution in [-0.2, 0) is 17.6 Å². The van der Waals surface area contributed by atoms with Crippen molar-refractivity contribution >= 4 is 23.3 Å². The van der Waals surface area contributed by atoms with Gasteiger partial charge in [0.15, 0.2) is 5.11 Å². The minimum Gasteiger partial charge on any atom is -0.460 e. The van der Waals surface area contributed by atoms with Crippen molar-refractivity contribution < 1.29 is 13.9 Å². The molecule has 2 N–H and O–H groups in total. The lowest BCUT2D eigenvalue weighted by Crippen LogP contribution is -2.38. The summed E-state index contributed by atoms with van der Waals surface area (Å²) in [6.45, 7) is 2.79. The van der Waals surface area contributed by atoms with Crippen LogP contribution in [0, 0.1) is 5.82 Å². The highest BCUT2D eigenvalue weighted by Gasteiger charge is 2.25. The van der Waals surface area contributed by atoms with Crippen LogP contribution in [-0.4, -0.2) is 24.2 Å². The molecule has 2 aromatic rings. The summed E-state index contributed by atoms with van der Waals surface area (Å²) < 4.78 is 19.1. The Bertz CT molecular complexity index is 854. The van der Waals surface area contributed by atoms with E-state index in [4.69, 9.17) is 17.0 Å². The lowest BCUT2D eigenvalue weighted by Gasteiger charge is -2.17. The topological polar surface area (TPSA) is 50.4 Å². The molecule has 29 heavy (non-hydrogen) atoms. The fourth-order valence-electron chi connectivity index (χ4n) is 3.55. The van der Waals surface area contributed by atoms with Crippen LogP contribution in [0.25, 0.3) is 0 Å². The smallest absolute Gasteiger partial charge is 0.338 e. The summed E-state index contributed by atoms with van der Waals surface area (Å²) in [5.41, 5.74) is 3.51. The zero-order valence-electron chi connectivity index (χ0n) is 16.7. The summed E-state index contributed by atoms with van der Waals surface area (Å²) in [5.74, 6) is -0.496. The molecule has 0 radical (unpaired) electrons. The van der Waals surface area contributed by atoms with Gasteiger partial charge in [-0.05, 0) is 72.8 Å². The molecule has 1 aliphatic rings. The van der Waals surface area contributed by atoms with Crippen molar-refractivity contribution in [3.05, 3.63) is 70.5 Å². The molecule has 0 aromatic heterocycles. The van der Waals surface area contributed by atoms with Gasteiger partial charge in [-0.25, -0.2) is 9.18 Å². The number of hydrogen-bond donors (Lipinski definition) is 2. The van der Waals surface area contributed by atoms with Gasteiger partial charge in [-0.1, -0.05) is 37.6 Å². The number of halogens is 1. The molecule has 0 heterocycles. The normalized spacial score (nSPS) is 14.9. The molecule has 0 aliphatic heterocycles. The second kappa shape index (κ2) is 10.3. The van der Waals surface area contributed by atoms with Crippen LogP contribution in [0.1, 0.15) is 59.3 Å². The Balaban J connectivity index is 1.38. The van der Waals surface area contributed by atoms with Crippen molar-refractivity contribution in [1.82, 2.24) is 10.6 Å². The van der Waals surface area contributed by atoms with Crippen LogP contribution in [0.5, 0.6) is 0 Å². The lowest BCUT2D eigenvalue weighted by molar-refractivity contribution is 0.0512. The fraction of sp³-hybridized carbons (Fsp3) is 0.391. The van der Waals surface area contributed by atoms with Gasteiger partial charge in [0.2, 0.25) is 0 Å². The summed E-state index contributed by atoms with van der Waals surface area (Å²) in [4.78, 5) is 12.1. The van der Waals surface area contributed by atoms with Gasteiger partial charge in [-0.2, -0.15) is 0 Å². The SMILES string of the molecule is CCCCc1ccc(C(=O)OCCNC(=S)NC2CCc3c(F)cccc32)cc1. The van der Waals surface area contributed by atoms with Crippen LogP contribution >= 0.6 is 12.2 Å². The zero-order chi connectivity index (χ0) is 20.6. The van der Waals surface area contributed by atoms with E-state index in [-0.39, 0.29) is 24.4 Å². The zero-order valence-corrected chi connectivity index (χ0v) is 17.5. The third-order valence-corrected chi connectivity index (χ3v) is 5.41. The van der Waals surface area contributed by atoms with Crippen LogP contribution in [0.3, 0.4) is 0 Å². The van der Waals surface area contributed by atoms with E-state index >= 15 is 0 Å². The molecular formula is C23H27FN2O2S. The van der Waals surface area contributed by atoms with Gasteiger partial charge in [-0.3, -0.25) is 0 Å². The van der Waals surface area contributed by atoms with E-state index in [0.29, 0.717) is 23.6 Å². The van der Waals surface area contributed by atoms with Crippen LogP contribution < -0.4 is 10.6 Å². The first kappa shape index (κ1) is 21.2. The first-order valence-corrected chi connectivity index (χ1v) is 10.6.